The zero-order valence-electron chi connectivity index (χ0n) is 29.5. The average Bonchev–Trinajstić information content (AvgIpc) is 3.71. The lowest BCUT2D eigenvalue weighted by Gasteiger charge is -2.32. The molecule has 0 unspecified atom stereocenters. The highest BCUT2D eigenvalue weighted by Gasteiger charge is 2.35. The molecule has 266 valence electrons. The number of hydrogen-bond donors (Lipinski definition) is 1. The number of hydrogen-bond acceptors (Lipinski definition) is 9. The number of benzene rings is 4. The smallest absolute Gasteiger partial charge is 0.261 e. The number of anilines is 1. The summed E-state index contributed by atoms with van der Waals surface area (Å²) in [6, 6.07) is 19.1. The number of likely N-dealkylation sites (N-methyl/N-ethyl adjacent to an activating group) is 2. The van der Waals surface area contributed by atoms with Gasteiger partial charge in [-0.1, -0.05) is 24.3 Å². The molecule has 0 saturated carbocycles. The van der Waals surface area contributed by atoms with Gasteiger partial charge in [0.2, 0.25) is 0 Å². The molecule has 1 saturated heterocycles. The fraction of sp³-hybridized carbons (Fsp3) is 0.325. The molecular formula is C40H42N8O4. The van der Waals surface area contributed by atoms with E-state index in [2.05, 4.69) is 31.1 Å². The molecule has 12 heteroatoms. The Balaban J connectivity index is 0.857. The monoisotopic (exact) mass is 698 g/mol. The van der Waals surface area contributed by atoms with E-state index in [9.17, 15) is 19.2 Å². The van der Waals surface area contributed by atoms with Gasteiger partial charge in [0, 0.05) is 98.0 Å². The predicted molar refractivity (Wildman–Crippen MR) is 200 cm³/mol. The highest BCUT2D eigenvalue weighted by molar-refractivity contribution is 6.27. The van der Waals surface area contributed by atoms with E-state index < -0.39 is 0 Å². The highest BCUT2D eigenvalue weighted by atomic mass is 16.2. The minimum absolute atomic E-state index is 0.238. The number of imidazole rings is 1. The van der Waals surface area contributed by atoms with E-state index in [-0.39, 0.29) is 30.2 Å². The summed E-state index contributed by atoms with van der Waals surface area (Å²) in [5, 5.41) is 6.59. The van der Waals surface area contributed by atoms with Gasteiger partial charge in [0.25, 0.3) is 23.6 Å². The van der Waals surface area contributed by atoms with Gasteiger partial charge < -0.3 is 24.6 Å². The lowest BCUT2D eigenvalue weighted by atomic mass is 9.93. The molecule has 8 rings (SSSR count). The molecule has 4 aromatic carbocycles. The van der Waals surface area contributed by atoms with E-state index in [1.165, 1.54) is 9.80 Å². The molecule has 12 nitrogen and oxygen atoms in total. The summed E-state index contributed by atoms with van der Waals surface area (Å²) in [5.41, 5.74) is 4.06. The normalized spacial score (nSPS) is 16.0. The maximum atomic E-state index is 13.8. The van der Waals surface area contributed by atoms with E-state index in [1.54, 1.807) is 18.6 Å². The van der Waals surface area contributed by atoms with Gasteiger partial charge in [-0.15, -0.1) is 0 Å². The van der Waals surface area contributed by atoms with Crippen LogP contribution >= 0.6 is 0 Å². The van der Waals surface area contributed by atoms with Crippen LogP contribution in [0.25, 0.3) is 27.2 Å². The SMILES string of the molecule is CN(CCCN(C)CCN1C(=O)c2cccc3cc(-n4ccnc4)cc(c23)C1=O)CCN1C(=O)c2cccc3cc(N4CCNCC4)cc(c23)C1=O. The van der Waals surface area contributed by atoms with E-state index in [0.717, 1.165) is 73.2 Å². The largest absolute Gasteiger partial charge is 0.369 e. The fourth-order valence-electron chi connectivity index (χ4n) is 7.73. The van der Waals surface area contributed by atoms with E-state index in [1.807, 2.05) is 73.4 Å². The molecule has 1 N–H and O–H groups in total. The molecular weight excluding hydrogens is 656 g/mol. The van der Waals surface area contributed by atoms with Crippen LogP contribution < -0.4 is 10.2 Å². The van der Waals surface area contributed by atoms with Gasteiger partial charge in [0.1, 0.15) is 0 Å². The third kappa shape index (κ3) is 6.12. The number of rotatable bonds is 12. The molecule has 0 aliphatic carbocycles. The molecule has 1 aromatic heterocycles. The molecule has 0 atom stereocenters. The van der Waals surface area contributed by atoms with Crippen LogP contribution in [0.5, 0.6) is 0 Å². The number of carbonyl (C=O) groups is 4. The van der Waals surface area contributed by atoms with Crippen molar-refractivity contribution in [2.75, 3.05) is 84.4 Å². The quantitative estimate of drug-likeness (QED) is 0.195. The molecule has 52 heavy (non-hydrogen) atoms. The van der Waals surface area contributed by atoms with Crippen molar-refractivity contribution in [3.8, 4) is 5.69 Å². The van der Waals surface area contributed by atoms with Gasteiger partial charge in [0.15, 0.2) is 0 Å². The molecule has 4 amide bonds. The van der Waals surface area contributed by atoms with Crippen LogP contribution in [0.2, 0.25) is 0 Å². The van der Waals surface area contributed by atoms with Crippen molar-refractivity contribution in [1.82, 2.24) is 34.5 Å². The number of carbonyl (C=O) groups excluding carboxylic acids is 4. The van der Waals surface area contributed by atoms with Crippen molar-refractivity contribution >= 4 is 50.9 Å². The van der Waals surface area contributed by atoms with Crippen molar-refractivity contribution in [3.63, 3.8) is 0 Å². The van der Waals surface area contributed by atoms with Crippen molar-refractivity contribution in [2.45, 2.75) is 6.42 Å². The number of piperazine rings is 1. The lowest BCUT2D eigenvalue weighted by Crippen LogP contribution is -2.45. The summed E-state index contributed by atoms with van der Waals surface area (Å²) >= 11 is 0. The van der Waals surface area contributed by atoms with Crippen molar-refractivity contribution in [1.29, 1.82) is 0 Å². The zero-order valence-corrected chi connectivity index (χ0v) is 29.5. The molecule has 0 spiro atoms. The maximum Gasteiger partial charge on any atom is 0.261 e. The molecule has 4 heterocycles. The van der Waals surface area contributed by atoms with Gasteiger partial charge in [-0.3, -0.25) is 29.0 Å². The van der Waals surface area contributed by atoms with Crippen LogP contribution in [0.15, 0.2) is 79.4 Å². The Labute approximate surface area is 302 Å². The van der Waals surface area contributed by atoms with Gasteiger partial charge in [-0.2, -0.15) is 0 Å². The standard InChI is InChI=1S/C40H42N8O4/c1-43(18-20-47-37(49)31-8-3-6-27-22-29(45-15-10-41-11-16-45)24-33(35(27)31)39(47)51)13-5-14-44(2)19-21-48-38(50)32-9-4-7-28-23-30(46-17-12-42-26-46)25-34(36(28)32)40(48)52/h3-4,6-9,12,17,22-26,41H,5,10-11,13-16,18-21H2,1-2H3. The Kier molecular flexibility index (Phi) is 9.04. The summed E-state index contributed by atoms with van der Waals surface area (Å²) < 4.78 is 1.85. The van der Waals surface area contributed by atoms with E-state index >= 15 is 0 Å². The molecule has 0 bridgehead atoms. The third-order valence-electron chi connectivity index (χ3n) is 10.6. The van der Waals surface area contributed by atoms with Crippen LogP contribution in [0.1, 0.15) is 47.9 Å². The second-order valence-electron chi connectivity index (χ2n) is 14.0. The minimum atomic E-state index is -0.288. The number of nitrogens with one attached hydrogen (secondary N) is 1. The Morgan fingerprint density at radius 2 is 1.17 bits per heavy atom. The minimum Gasteiger partial charge on any atom is -0.369 e. The Morgan fingerprint density at radius 1 is 0.654 bits per heavy atom. The number of amides is 4. The third-order valence-corrected chi connectivity index (χ3v) is 10.6. The number of imide groups is 2. The summed E-state index contributed by atoms with van der Waals surface area (Å²) in [7, 11) is 3.99. The summed E-state index contributed by atoms with van der Waals surface area (Å²) in [5.74, 6) is -1.04. The summed E-state index contributed by atoms with van der Waals surface area (Å²) in [6.07, 6.45) is 6.05. The first-order valence-corrected chi connectivity index (χ1v) is 18.0. The Hall–Kier alpha value is -5.43. The first-order valence-electron chi connectivity index (χ1n) is 18.0. The van der Waals surface area contributed by atoms with E-state index in [4.69, 9.17) is 0 Å². The molecule has 3 aliphatic heterocycles. The van der Waals surface area contributed by atoms with Crippen LogP contribution in [0.4, 0.5) is 5.69 Å². The van der Waals surface area contributed by atoms with Crippen molar-refractivity contribution in [3.05, 3.63) is 102 Å². The topological polar surface area (TPSA) is 114 Å². The van der Waals surface area contributed by atoms with Crippen molar-refractivity contribution in [2.24, 2.45) is 0 Å². The van der Waals surface area contributed by atoms with Crippen LogP contribution in [0.3, 0.4) is 0 Å². The summed E-state index contributed by atoms with van der Waals surface area (Å²) in [4.78, 5) is 68.0. The molecule has 0 radical (unpaired) electrons. The molecule has 5 aromatic rings. The predicted octanol–water partition coefficient (Wildman–Crippen LogP) is 3.73. The van der Waals surface area contributed by atoms with Crippen LogP contribution in [-0.2, 0) is 0 Å². The average molecular weight is 699 g/mol. The summed E-state index contributed by atoms with van der Waals surface area (Å²) in [6.45, 7) is 6.70. The second kappa shape index (κ2) is 13.9. The van der Waals surface area contributed by atoms with Crippen LogP contribution in [-0.4, -0.2) is 132 Å². The Bertz CT molecular complexity index is 2210. The zero-order chi connectivity index (χ0) is 35.9. The second-order valence-corrected chi connectivity index (χ2v) is 14.0. The van der Waals surface area contributed by atoms with E-state index in [0.29, 0.717) is 47.3 Å². The van der Waals surface area contributed by atoms with Crippen LogP contribution in [0, 0.1) is 0 Å². The van der Waals surface area contributed by atoms with Gasteiger partial charge in [0.05, 0.1) is 17.5 Å². The first-order chi connectivity index (χ1) is 25.3. The van der Waals surface area contributed by atoms with Crippen molar-refractivity contribution < 1.29 is 19.2 Å². The fourth-order valence-corrected chi connectivity index (χ4v) is 7.73. The Morgan fingerprint density at radius 3 is 1.71 bits per heavy atom. The molecule has 3 aliphatic rings. The van der Waals surface area contributed by atoms with Gasteiger partial charge in [-0.25, -0.2) is 4.98 Å². The molecule has 1 fully saturated rings. The lowest BCUT2D eigenvalue weighted by molar-refractivity contribution is 0.0585. The first kappa shape index (κ1) is 33.7. The van der Waals surface area contributed by atoms with Gasteiger partial charge in [-0.05, 0) is 80.8 Å². The number of nitrogens with zero attached hydrogens (tertiary/aromatic N) is 7. The van der Waals surface area contributed by atoms with Gasteiger partial charge >= 0.3 is 0 Å². The highest BCUT2D eigenvalue weighted by Crippen LogP contribution is 2.35. The number of aromatic nitrogens is 2. The maximum absolute atomic E-state index is 13.8.